The predicted octanol–water partition coefficient (Wildman–Crippen LogP) is -0.0211. The van der Waals surface area contributed by atoms with Gasteiger partial charge in [-0.15, -0.1) is 0 Å². The van der Waals surface area contributed by atoms with Crippen molar-refractivity contribution in [2.75, 3.05) is 6.61 Å². The van der Waals surface area contributed by atoms with Crippen LogP contribution < -0.4 is 5.32 Å². The minimum absolute atomic E-state index is 0.473. The number of aliphatic hydroxyl groups excluding tert-OH is 1. The van der Waals surface area contributed by atoms with Crippen molar-refractivity contribution in [3.63, 3.8) is 0 Å². The molecule has 68 valence electrons. The second kappa shape index (κ2) is 9.75. The van der Waals surface area contributed by atoms with Crippen LogP contribution >= 0.6 is 11.6 Å². The maximum absolute atomic E-state index is 10.1. The Morgan fingerprint density at radius 3 is 2.25 bits per heavy atom. The van der Waals surface area contributed by atoms with Gasteiger partial charge in [-0.3, -0.25) is 10.1 Å². The molecule has 0 unspecified atom stereocenters. The molecule has 0 saturated carbocycles. The molecule has 0 rings (SSSR count). The monoisotopic (exact) mass is 193 g/mol. The third-order valence-electron chi connectivity index (χ3n) is 0.471. The molecule has 0 atom stereocenters. The summed E-state index contributed by atoms with van der Waals surface area (Å²) < 4.78 is 0. The van der Waals surface area contributed by atoms with E-state index in [1.807, 2.05) is 0 Å². The molecule has 5 nitrogen and oxygen atoms in total. The first-order chi connectivity index (χ1) is 5.54. The Morgan fingerprint density at radius 2 is 2.00 bits per heavy atom. The maximum atomic E-state index is 10.1. The second-order valence-corrected chi connectivity index (χ2v) is 1.66. The van der Waals surface area contributed by atoms with Gasteiger partial charge in [-0.1, -0.05) is 5.92 Å². The van der Waals surface area contributed by atoms with Crippen LogP contribution in [0.2, 0.25) is 0 Å². The van der Waals surface area contributed by atoms with Crippen LogP contribution in [0.5, 0.6) is 0 Å². The minimum Gasteiger partial charge on any atom is -0.469 e. The SMILES string of the molecule is CC#CNC(=O)CO.O=C(O)Cl. The van der Waals surface area contributed by atoms with Gasteiger partial charge < -0.3 is 10.2 Å². The van der Waals surface area contributed by atoms with E-state index >= 15 is 0 Å². The van der Waals surface area contributed by atoms with Gasteiger partial charge in [0.2, 0.25) is 0 Å². The van der Waals surface area contributed by atoms with Crippen LogP contribution in [0.15, 0.2) is 0 Å². The molecule has 0 aromatic rings. The normalized spacial score (nSPS) is 6.58. The summed E-state index contributed by atoms with van der Waals surface area (Å²) in [5.41, 5.74) is -1.36. The molecular formula is C6H8ClNO4. The Labute approximate surface area is 74.3 Å². The topological polar surface area (TPSA) is 86.6 Å². The third-order valence-corrected chi connectivity index (χ3v) is 0.471. The van der Waals surface area contributed by atoms with E-state index in [4.69, 9.17) is 15.0 Å². The molecule has 0 heterocycles. The fraction of sp³-hybridized carbons (Fsp3) is 0.333. The number of nitrogens with one attached hydrogen (secondary N) is 1. The van der Waals surface area contributed by atoms with Gasteiger partial charge in [0.05, 0.1) is 0 Å². The van der Waals surface area contributed by atoms with Crippen molar-refractivity contribution in [1.29, 1.82) is 0 Å². The summed E-state index contributed by atoms with van der Waals surface area (Å²) in [6.07, 6.45) is 0. The molecule has 0 aliphatic carbocycles. The fourth-order valence-electron chi connectivity index (χ4n) is 0.172. The van der Waals surface area contributed by atoms with E-state index in [0.717, 1.165) is 0 Å². The lowest BCUT2D eigenvalue weighted by Gasteiger charge is -1.86. The second-order valence-electron chi connectivity index (χ2n) is 1.33. The lowest BCUT2D eigenvalue weighted by atomic mass is 10.6. The van der Waals surface area contributed by atoms with E-state index in [2.05, 4.69) is 28.9 Å². The van der Waals surface area contributed by atoms with E-state index in [1.165, 1.54) is 0 Å². The number of carbonyl (C=O) groups is 2. The highest BCUT2D eigenvalue weighted by Gasteiger charge is 1.89. The van der Waals surface area contributed by atoms with Crippen molar-refractivity contribution in [2.24, 2.45) is 0 Å². The molecule has 0 bridgehead atoms. The average molecular weight is 194 g/mol. The Kier molecular flexibility index (Phi) is 10.8. The molecule has 6 heteroatoms. The lowest BCUT2D eigenvalue weighted by molar-refractivity contribution is -0.122. The van der Waals surface area contributed by atoms with Gasteiger partial charge in [-0.2, -0.15) is 0 Å². The number of amides is 1. The Bertz CT molecular complexity index is 201. The van der Waals surface area contributed by atoms with Crippen LogP contribution in [0, 0.1) is 12.0 Å². The first-order valence-electron chi connectivity index (χ1n) is 2.74. The smallest absolute Gasteiger partial charge is 0.401 e. The molecule has 1 amide bonds. The number of carbonyl (C=O) groups excluding carboxylic acids is 1. The summed E-state index contributed by atoms with van der Waals surface area (Å²) in [6, 6.07) is 2.29. The van der Waals surface area contributed by atoms with E-state index < -0.39 is 17.9 Å². The minimum atomic E-state index is -1.36. The summed E-state index contributed by atoms with van der Waals surface area (Å²) in [5.74, 6) is 1.97. The fourth-order valence-corrected chi connectivity index (χ4v) is 0.172. The number of halogens is 1. The standard InChI is InChI=1S/C5H7NO2.CHClO2/c1-2-3-6-5(8)4-7;2-1(3)4/h7H,4H2,1H3,(H,6,8);(H,3,4). The first kappa shape index (κ1) is 13.3. The summed E-state index contributed by atoms with van der Waals surface area (Å²) in [5, 5.41) is 17.4. The molecular weight excluding hydrogens is 186 g/mol. The Morgan fingerprint density at radius 1 is 1.58 bits per heavy atom. The average Bonchev–Trinajstić information content (AvgIpc) is 1.99. The van der Waals surface area contributed by atoms with Crippen LogP contribution in [0.3, 0.4) is 0 Å². The lowest BCUT2D eigenvalue weighted by Crippen LogP contribution is -2.20. The molecule has 0 aromatic carbocycles. The summed E-state index contributed by atoms with van der Waals surface area (Å²) in [6.45, 7) is 1.09. The highest BCUT2D eigenvalue weighted by molar-refractivity contribution is 6.60. The highest BCUT2D eigenvalue weighted by Crippen LogP contribution is 1.67. The number of rotatable bonds is 1. The van der Waals surface area contributed by atoms with Gasteiger partial charge in [0.15, 0.2) is 0 Å². The largest absolute Gasteiger partial charge is 0.469 e. The van der Waals surface area contributed by atoms with Crippen molar-refractivity contribution < 1.29 is 19.8 Å². The van der Waals surface area contributed by atoms with Crippen LogP contribution in [0.25, 0.3) is 0 Å². The summed E-state index contributed by atoms with van der Waals surface area (Å²) >= 11 is 4.19. The number of hydrogen-bond donors (Lipinski definition) is 3. The molecule has 0 radical (unpaired) electrons. The van der Waals surface area contributed by atoms with E-state index in [-0.39, 0.29) is 0 Å². The van der Waals surface area contributed by atoms with Crippen molar-refractivity contribution in [2.45, 2.75) is 6.92 Å². The van der Waals surface area contributed by atoms with Crippen molar-refractivity contribution >= 4 is 22.9 Å². The van der Waals surface area contributed by atoms with Crippen LogP contribution in [-0.2, 0) is 4.79 Å². The zero-order chi connectivity index (χ0) is 9.98. The summed E-state index contributed by atoms with van der Waals surface area (Å²) in [4.78, 5) is 18.9. The van der Waals surface area contributed by atoms with Gasteiger partial charge in [-0.25, -0.2) is 4.79 Å². The van der Waals surface area contributed by atoms with Gasteiger partial charge in [0, 0.05) is 17.6 Å². The predicted molar refractivity (Wildman–Crippen MR) is 42.6 cm³/mol. The molecule has 0 spiro atoms. The molecule has 0 aliphatic rings. The van der Waals surface area contributed by atoms with Crippen LogP contribution in [0.1, 0.15) is 6.92 Å². The molecule has 3 N–H and O–H groups in total. The van der Waals surface area contributed by atoms with Gasteiger partial charge in [0.1, 0.15) is 6.61 Å². The molecule has 12 heavy (non-hydrogen) atoms. The third kappa shape index (κ3) is 23.3. The quantitative estimate of drug-likeness (QED) is 0.310. The van der Waals surface area contributed by atoms with E-state index in [0.29, 0.717) is 0 Å². The summed E-state index contributed by atoms with van der Waals surface area (Å²) in [7, 11) is 0. The van der Waals surface area contributed by atoms with Crippen LogP contribution in [-0.4, -0.2) is 28.2 Å². The molecule has 0 saturated heterocycles. The zero-order valence-corrected chi connectivity index (χ0v) is 7.05. The molecule has 0 aromatic heterocycles. The number of hydrogen-bond acceptors (Lipinski definition) is 3. The van der Waals surface area contributed by atoms with E-state index in [9.17, 15) is 4.79 Å². The Balaban J connectivity index is 0. The Hall–Kier alpha value is -1.25. The maximum Gasteiger partial charge on any atom is 0.401 e. The molecule has 0 fully saturated rings. The van der Waals surface area contributed by atoms with Gasteiger partial charge in [-0.05, 0) is 6.92 Å². The first-order valence-corrected chi connectivity index (χ1v) is 3.12. The zero-order valence-electron chi connectivity index (χ0n) is 6.30. The van der Waals surface area contributed by atoms with Gasteiger partial charge in [0.25, 0.3) is 5.91 Å². The van der Waals surface area contributed by atoms with Gasteiger partial charge >= 0.3 is 5.43 Å². The van der Waals surface area contributed by atoms with Crippen molar-refractivity contribution in [3.05, 3.63) is 0 Å². The van der Waals surface area contributed by atoms with E-state index in [1.54, 1.807) is 6.92 Å². The van der Waals surface area contributed by atoms with Crippen LogP contribution in [0.4, 0.5) is 4.79 Å². The van der Waals surface area contributed by atoms with Crippen molar-refractivity contribution in [1.82, 2.24) is 5.32 Å². The van der Waals surface area contributed by atoms with Crippen molar-refractivity contribution in [3.8, 4) is 12.0 Å². The molecule has 0 aliphatic heterocycles. The number of carboxylic acid groups (broad SMARTS) is 1. The number of aliphatic hydroxyl groups is 1. The highest BCUT2D eigenvalue weighted by atomic mass is 35.5.